The first-order valence-electron chi connectivity index (χ1n) is 6.98. The molecule has 0 aromatic heterocycles. The van der Waals surface area contributed by atoms with Crippen LogP contribution in [-0.2, 0) is 4.79 Å². The summed E-state index contributed by atoms with van der Waals surface area (Å²) in [6.07, 6.45) is -1.63. The van der Waals surface area contributed by atoms with Gasteiger partial charge < -0.3 is 4.90 Å². The van der Waals surface area contributed by atoms with Crippen molar-refractivity contribution in [3.8, 4) is 0 Å². The number of nitrogens with one attached hydrogen (secondary N) is 1. The smallest absolute Gasteiger partial charge is 0.326 e. The van der Waals surface area contributed by atoms with Gasteiger partial charge in [0.2, 0.25) is 5.91 Å². The third kappa shape index (κ3) is 5.38. The molecule has 0 radical (unpaired) electrons. The molecule has 0 aliphatic carbocycles. The number of unbranched alkanes of at least 4 members (excludes halogenated alkanes) is 2. The molecule has 1 aliphatic rings. The number of hydrogen-bond acceptors (Lipinski definition) is 2. The number of carbonyl (C=O) groups excluding carboxylic acids is 1. The standard InChI is InChI=1S/C13H23F3N2O/c1-3-4-7-11-12(19)18(10(2)17-11)9-6-5-8-13(14,15)16/h10-11,17H,3-9H2,1-2H3. The van der Waals surface area contributed by atoms with Crippen LogP contribution in [0.15, 0.2) is 0 Å². The van der Waals surface area contributed by atoms with Gasteiger partial charge in [-0.1, -0.05) is 19.8 Å². The number of hydrogen-bond donors (Lipinski definition) is 1. The lowest BCUT2D eigenvalue weighted by atomic mass is 10.1. The highest BCUT2D eigenvalue weighted by atomic mass is 19.4. The van der Waals surface area contributed by atoms with Crippen molar-refractivity contribution in [1.82, 2.24) is 10.2 Å². The normalized spacial score (nSPS) is 24.3. The van der Waals surface area contributed by atoms with Gasteiger partial charge in [0.15, 0.2) is 0 Å². The zero-order chi connectivity index (χ0) is 14.5. The second-order valence-corrected chi connectivity index (χ2v) is 5.14. The summed E-state index contributed by atoms with van der Waals surface area (Å²) >= 11 is 0. The molecule has 0 spiro atoms. The highest BCUT2D eigenvalue weighted by Crippen LogP contribution is 2.23. The van der Waals surface area contributed by atoms with E-state index in [1.54, 1.807) is 4.90 Å². The molecule has 1 rings (SSSR count). The molecule has 1 heterocycles. The van der Waals surface area contributed by atoms with E-state index in [0.29, 0.717) is 13.0 Å². The van der Waals surface area contributed by atoms with Crippen molar-refractivity contribution >= 4 is 5.91 Å². The summed E-state index contributed by atoms with van der Waals surface area (Å²) < 4.78 is 36.1. The van der Waals surface area contributed by atoms with Crippen LogP contribution in [0.1, 0.15) is 52.4 Å². The van der Waals surface area contributed by atoms with E-state index < -0.39 is 12.6 Å². The fourth-order valence-electron chi connectivity index (χ4n) is 2.37. The van der Waals surface area contributed by atoms with Crippen molar-refractivity contribution in [2.45, 2.75) is 70.8 Å². The first-order chi connectivity index (χ1) is 8.85. The molecule has 1 aliphatic heterocycles. The molecule has 1 N–H and O–H groups in total. The van der Waals surface area contributed by atoms with E-state index in [-0.39, 0.29) is 24.5 Å². The third-order valence-electron chi connectivity index (χ3n) is 3.45. The Morgan fingerprint density at radius 2 is 1.95 bits per heavy atom. The molecule has 6 heteroatoms. The monoisotopic (exact) mass is 280 g/mol. The van der Waals surface area contributed by atoms with E-state index in [1.807, 2.05) is 6.92 Å². The number of alkyl halides is 3. The van der Waals surface area contributed by atoms with E-state index in [2.05, 4.69) is 12.2 Å². The van der Waals surface area contributed by atoms with Crippen molar-refractivity contribution in [2.24, 2.45) is 0 Å². The lowest BCUT2D eigenvalue weighted by Gasteiger charge is -2.20. The predicted octanol–water partition coefficient (Wildman–Crippen LogP) is 3.06. The van der Waals surface area contributed by atoms with Gasteiger partial charge in [-0.3, -0.25) is 10.1 Å². The first-order valence-corrected chi connectivity index (χ1v) is 6.98. The molecule has 112 valence electrons. The van der Waals surface area contributed by atoms with Gasteiger partial charge in [-0.2, -0.15) is 13.2 Å². The van der Waals surface area contributed by atoms with Crippen LogP contribution in [0, 0.1) is 0 Å². The quantitative estimate of drug-likeness (QED) is 0.727. The van der Waals surface area contributed by atoms with Gasteiger partial charge in [-0.15, -0.1) is 0 Å². The van der Waals surface area contributed by atoms with Gasteiger partial charge in [0, 0.05) is 13.0 Å². The molecule has 3 nitrogen and oxygen atoms in total. The summed E-state index contributed by atoms with van der Waals surface area (Å²) in [6.45, 7) is 4.36. The number of halogens is 3. The molecular formula is C13H23F3N2O. The second kappa shape index (κ2) is 7.12. The van der Waals surface area contributed by atoms with Crippen LogP contribution in [0.3, 0.4) is 0 Å². The SMILES string of the molecule is CCCCC1NC(C)N(CCCCC(F)(F)F)C1=O. The molecular weight excluding hydrogens is 257 g/mol. The Morgan fingerprint density at radius 3 is 2.53 bits per heavy atom. The summed E-state index contributed by atoms with van der Waals surface area (Å²) in [4.78, 5) is 13.7. The molecule has 0 aromatic carbocycles. The van der Waals surface area contributed by atoms with Crippen LogP contribution >= 0.6 is 0 Å². The van der Waals surface area contributed by atoms with Crippen molar-refractivity contribution in [3.63, 3.8) is 0 Å². The lowest BCUT2D eigenvalue weighted by molar-refractivity contribution is -0.136. The Hall–Kier alpha value is -0.780. The van der Waals surface area contributed by atoms with E-state index in [4.69, 9.17) is 0 Å². The van der Waals surface area contributed by atoms with E-state index in [9.17, 15) is 18.0 Å². The van der Waals surface area contributed by atoms with Gasteiger partial charge in [-0.05, 0) is 26.2 Å². The van der Waals surface area contributed by atoms with Gasteiger partial charge in [0.1, 0.15) is 0 Å². The zero-order valence-electron chi connectivity index (χ0n) is 11.6. The van der Waals surface area contributed by atoms with Gasteiger partial charge in [0.25, 0.3) is 0 Å². The van der Waals surface area contributed by atoms with Crippen LogP contribution in [0.2, 0.25) is 0 Å². The average molecular weight is 280 g/mol. The highest BCUT2D eigenvalue weighted by molar-refractivity contribution is 5.84. The van der Waals surface area contributed by atoms with Gasteiger partial charge in [-0.25, -0.2) is 0 Å². The van der Waals surface area contributed by atoms with Gasteiger partial charge >= 0.3 is 6.18 Å². The summed E-state index contributed by atoms with van der Waals surface area (Å²) in [6, 6.07) is -0.155. The Balaban J connectivity index is 2.31. The van der Waals surface area contributed by atoms with Crippen LogP contribution < -0.4 is 5.32 Å². The maximum absolute atomic E-state index is 12.1. The number of carbonyl (C=O) groups is 1. The summed E-state index contributed by atoms with van der Waals surface area (Å²) in [5.41, 5.74) is 0. The Kier molecular flexibility index (Phi) is 6.10. The number of nitrogens with zero attached hydrogens (tertiary/aromatic N) is 1. The predicted molar refractivity (Wildman–Crippen MR) is 67.5 cm³/mol. The first kappa shape index (κ1) is 16.3. The van der Waals surface area contributed by atoms with Crippen molar-refractivity contribution in [3.05, 3.63) is 0 Å². The largest absolute Gasteiger partial charge is 0.389 e. The molecule has 0 aromatic rings. The van der Waals surface area contributed by atoms with Crippen LogP contribution in [0.25, 0.3) is 0 Å². The van der Waals surface area contributed by atoms with Crippen LogP contribution in [0.5, 0.6) is 0 Å². The van der Waals surface area contributed by atoms with Crippen molar-refractivity contribution < 1.29 is 18.0 Å². The maximum Gasteiger partial charge on any atom is 0.389 e. The molecule has 2 atom stereocenters. The Bertz CT molecular complexity index is 294. The van der Waals surface area contributed by atoms with E-state index >= 15 is 0 Å². The molecule has 0 saturated carbocycles. The number of amides is 1. The fourth-order valence-corrected chi connectivity index (χ4v) is 2.37. The third-order valence-corrected chi connectivity index (χ3v) is 3.45. The lowest BCUT2D eigenvalue weighted by Crippen LogP contribution is -2.35. The Labute approximate surface area is 112 Å². The van der Waals surface area contributed by atoms with Crippen LogP contribution in [0.4, 0.5) is 13.2 Å². The minimum absolute atomic E-state index is 0.0351. The minimum atomic E-state index is -4.09. The van der Waals surface area contributed by atoms with E-state index in [0.717, 1.165) is 19.3 Å². The highest BCUT2D eigenvalue weighted by Gasteiger charge is 2.35. The summed E-state index contributed by atoms with van der Waals surface area (Å²) in [5, 5.41) is 3.20. The minimum Gasteiger partial charge on any atom is -0.326 e. The van der Waals surface area contributed by atoms with Crippen molar-refractivity contribution in [1.29, 1.82) is 0 Å². The molecule has 1 saturated heterocycles. The molecule has 2 unspecified atom stereocenters. The fraction of sp³-hybridized carbons (Fsp3) is 0.923. The molecule has 19 heavy (non-hydrogen) atoms. The second-order valence-electron chi connectivity index (χ2n) is 5.14. The summed E-state index contributed by atoms with van der Waals surface area (Å²) in [5.74, 6) is 0.0351. The van der Waals surface area contributed by atoms with E-state index in [1.165, 1.54) is 0 Å². The topological polar surface area (TPSA) is 32.3 Å². The van der Waals surface area contributed by atoms with Crippen LogP contribution in [-0.4, -0.2) is 35.7 Å². The molecule has 0 bridgehead atoms. The molecule has 1 amide bonds. The van der Waals surface area contributed by atoms with Gasteiger partial charge in [0.05, 0.1) is 12.2 Å². The molecule has 1 fully saturated rings. The maximum atomic E-state index is 12.1. The average Bonchev–Trinajstić information content (AvgIpc) is 2.57. The zero-order valence-corrected chi connectivity index (χ0v) is 11.6. The van der Waals surface area contributed by atoms with Crippen molar-refractivity contribution in [2.75, 3.05) is 6.54 Å². The number of rotatable bonds is 7. The Morgan fingerprint density at radius 1 is 1.26 bits per heavy atom. The summed E-state index contributed by atoms with van der Waals surface area (Å²) in [7, 11) is 0.